The Labute approximate surface area is 91.4 Å². The van der Waals surface area contributed by atoms with Crippen molar-refractivity contribution in [3.05, 3.63) is 11.3 Å². The molecule has 1 fully saturated rings. The van der Waals surface area contributed by atoms with Crippen LogP contribution in [0.4, 0.5) is 0 Å². The van der Waals surface area contributed by atoms with E-state index in [4.69, 9.17) is 9.47 Å². The standard InChI is InChI=1S/C12H20O3/c1-5-9(10-7-6-8-14-10)11(13)15-12(2,3)4/h5-8H2,1-4H3/b10-9+. The lowest BCUT2D eigenvalue weighted by Gasteiger charge is -2.20. The van der Waals surface area contributed by atoms with Crippen molar-refractivity contribution in [3.8, 4) is 0 Å². The summed E-state index contributed by atoms with van der Waals surface area (Å²) in [5.74, 6) is 0.591. The van der Waals surface area contributed by atoms with E-state index in [9.17, 15) is 4.79 Å². The van der Waals surface area contributed by atoms with Gasteiger partial charge in [0.05, 0.1) is 12.2 Å². The number of rotatable bonds is 2. The van der Waals surface area contributed by atoms with Gasteiger partial charge in [0.25, 0.3) is 0 Å². The second kappa shape index (κ2) is 4.69. The number of carbonyl (C=O) groups excluding carboxylic acids is 1. The summed E-state index contributed by atoms with van der Waals surface area (Å²) in [6.45, 7) is 8.30. The highest BCUT2D eigenvalue weighted by Gasteiger charge is 2.23. The van der Waals surface area contributed by atoms with Crippen LogP contribution < -0.4 is 0 Å². The lowest BCUT2D eigenvalue weighted by Crippen LogP contribution is -2.25. The van der Waals surface area contributed by atoms with Gasteiger partial charge in [-0.3, -0.25) is 0 Å². The predicted octanol–water partition coefficient (Wildman–Crippen LogP) is 2.80. The number of carbonyl (C=O) groups is 1. The number of allylic oxidation sites excluding steroid dienone is 1. The van der Waals surface area contributed by atoms with E-state index >= 15 is 0 Å². The van der Waals surface area contributed by atoms with E-state index in [0.717, 1.165) is 25.2 Å². The molecular weight excluding hydrogens is 192 g/mol. The van der Waals surface area contributed by atoms with Gasteiger partial charge in [-0.05, 0) is 33.6 Å². The number of esters is 1. The summed E-state index contributed by atoms with van der Waals surface area (Å²) in [5.41, 5.74) is 0.263. The molecule has 86 valence electrons. The monoisotopic (exact) mass is 212 g/mol. The summed E-state index contributed by atoms with van der Waals surface area (Å²) < 4.78 is 10.7. The first-order valence-electron chi connectivity index (χ1n) is 5.52. The number of ether oxygens (including phenoxy) is 2. The minimum absolute atomic E-state index is 0.234. The molecule has 0 aromatic rings. The second-order valence-corrected chi connectivity index (χ2v) is 4.71. The van der Waals surface area contributed by atoms with Gasteiger partial charge in [-0.2, -0.15) is 0 Å². The van der Waals surface area contributed by atoms with E-state index in [0.29, 0.717) is 12.0 Å². The van der Waals surface area contributed by atoms with Crippen LogP contribution in [0.2, 0.25) is 0 Å². The van der Waals surface area contributed by atoms with Crippen molar-refractivity contribution in [1.82, 2.24) is 0 Å². The van der Waals surface area contributed by atoms with Gasteiger partial charge in [-0.1, -0.05) is 6.92 Å². The molecule has 1 rings (SSSR count). The second-order valence-electron chi connectivity index (χ2n) is 4.71. The van der Waals surface area contributed by atoms with Crippen LogP contribution in [0.25, 0.3) is 0 Å². The Kier molecular flexibility index (Phi) is 3.77. The smallest absolute Gasteiger partial charge is 0.337 e. The van der Waals surface area contributed by atoms with Gasteiger partial charge < -0.3 is 9.47 Å². The van der Waals surface area contributed by atoms with Crippen LogP contribution in [0.5, 0.6) is 0 Å². The zero-order valence-electron chi connectivity index (χ0n) is 10.1. The van der Waals surface area contributed by atoms with Crippen molar-refractivity contribution >= 4 is 5.97 Å². The summed E-state index contributed by atoms with van der Waals surface area (Å²) >= 11 is 0. The van der Waals surface area contributed by atoms with E-state index in [1.54, 1.807) is 0 Å². The molecule has 1 aliphatic heterocycles. The minimum Gasteiger partial charge on any atom is -0.497 e. The molecule has 0 atom stereocenters. The maximum Gasteiger partial charge on any atom is 0.337 e. The zero-order valence-corrected chi connectivity index (χ0v) is 10.1. The average Bonchev–Trinajstić information content (AvgIpc) is 2.54. The van der Waals surface area contributed by atoms with Gasteiger partial charge in [0, 0.05) is 6.42 Å². The fourth-order valence-electron chi connectivity index (χ4n) is 1.53. The summed E-state index contributed by atoms with van der Waals surface area (Å²) in [7, 11) is 0. The molecule has 0 saturated carbocycles. The molecule has 1 aliphatic rings. The van der Waals surface area contributed by atoms with E-state index < -0.39 is 5.60 Å². The minimum atomic E-state index is -0.434. The van der Waals surface area contributed by atoms with Gasteiger partial charge in [0.2, 0.25) is 0 Å². The molecule has 0 radical (unpaired) electrons. The molecule has 3 nitrogen and oxygen atoms in total. The highest BCUT2D eigenvalue weighted by Crippen LogP contribution is 2.24. The van der Waals surface area contributed by atoms with Gasteiger partial charge in [-0.15, -0.1) is 0 Å². The molecule has 1 heterocycles. The molecule has 0 unspecified atom stereocenters. The summed E-state index contributed by atoms with van der Waals surface area (Å²) in [5, 5.41) is 0. The fourth-order valence-corrected chi connectivity index (χ4v) is 1.53. The molecule has 0 aromatic heterocycles. The number of hydrogen-bond acceptors (Lipinski definition) is 3. The Morgan fingerprint density at radius 1 is 1.47 bits per heavy atom. The zero-order chi connectivity index (χ0) is 11.5. The molecule has 1 saturated heterocycles. The maximum absolute atomic E-state index is 11.8. The fraction of sp³-hybridized carbons (Fsp3) is 0.750. The van der Waals surface area contributed by atoms with Gasteiger partial charge in [0.1, 0.15) is 11.4 Å². The van der Waals surface area contributed by atoms with Crippen LogP contribution >= 0.6 is 0 Å². The van der Waals surface area contributed by atoms with Gasteiger partial charge >= 0.3 is 5.97 Å². The highest BCUT2D eigenvalue weighted by molar-refractivity contribution is 5.89. The van der Waals surface area contributed by atoms with Crippen molar-refractivity contribution in [2.24, 2.45) is 0 Å². The molecule has 0 amide bonds. The topological polar surface area (TPSA) is 35.5 Å². The first-order valence-corrected chi connectivity index (χ1v) is 5.52. The van der Waals surface area contributed by atoms with Crippen molar-refractivity contribution in [2.75, 3.05) is 6.61 Å². The average molecular weight is 212 g/mol. The van der Waals surface area contributed by atoms with Gasteiger partial charge in [-0.25, -0.2) is 4.79 Å². The van der Waals surface area contributed by atoms with Crippen LogP contribution in [0.15, 0.2) is 11.3 Å². The Bertz CT molecular complexity index is 263. The summed E-state index contributed by atoms with van der Waals surface area (Å²) in [6, 6.07) is 0. The lowest BCUT2D eigenvalue weighted by atomic mass is 10.1. The maximum atomic E-state index is 11.8. The first-order chi connectivity index (χ1) is 6.94. The molecule has 0 bridgehead atoms. The third-order valence-electron chi connectivity index (χ3n) is 2.16. The number of hydrogen-bond donors (Lipinski definition) is 0. The van der Waals surface area contributed by atoms with Crippen LogP contribution in [0.1, 0.15) is 47.0 Å². The molecule has 0 spiro atoms. The predicted molar refractivity (Wildman–Crippen MR) is 58.3 cm³/mol. The molecule has 0 aromatic carbocycles. The van der Waals surface area contributed by atoms with Crippen LogP contribution in [0.3, 0.4) is 0 Å². The van der Waals surface area contributed by atoms with E-state index in [1.165, 1.54) is 0 Å². The third kappa shape index (κ3) is 3.57. The highest BCUT2D eigenvalue weighted by atomic mass is 16.6. The summed E-state index contributed by atoms with van der Waals surface area (Å²) in [4.78, 5) is 11.8. The van der Waals surface area contributed by atoms with E-state index in [1.807, 2.05) is 27.7 Å². The third-order valence-corrected chi connectivity index (χ3v) is 2.16. The normalized spacial score (nSPS) is 19.7. The molecule has 3 heteroatoms. The summed E-state index contributed by atoms with van der Waals surface area (Å²) in [6.07, 6.45) is 2.54. The van der Waals surface area contributed by atoms with Crippen molar-refractivity contribution in [2.45, 2.75) is 52.6 Å². The largest absolute Gasteiger partial charge is 0.497 e. The quantitative estimate of drug-likeness (QED) is 0.521. The molecule has 0 aliphatic carbocycles. The first kappa shape index (κ1) is 12.1. The van der Waals surface area contributed by atoms with Crippen LogP contribution in [0, 0.1) is 0 Å². The Hall–Kier alpha value is -0.990. The lowest BCUT2D eigenvalue weighted by molar-refractivity contribution is -0.150. The van der Waals surface area contributed by atoms with Crippen molar-refractivity contribution < 1.29 is 14.3 Å². The van der Waals surface area contributed by atoms with Crippen molar-refractivity contribution in [1.29, 1.82) is 0 Å². The SMILES string of the molecule is CC/C(C(=O)OC(C)(C)C)=C1/CCCO1. The van der Waals surface area contributed by atoms with E-state index in [-0.39, 0.29) is 5.97 Å². The molecule has 0 N–H and O–H groups in total. The van der Waals surface area contributed by atoms with Gasteiger partial charge in [0.15, 0.2) is 0 Å². The van der Waals surface area contributed by atoms with Crippen LogP contribution in [-0.2, 0) is 14.3 Å². The Balaban J connectivity index is 2.75. The van der Waals surface area contributed by atoms with Crippen molar-refractivity contribution in [3.63, 3.8) is 0 Å². The van der Waals surface area contributed by atoms with Crippen LogP contribution in [-0.4, -0.2) is 18.2 Å². The van der Waals surface area contributed by atoms with E-state index in [2.05, 4.69) is 0 Å². The Morgan fingerprint density at radius 3 is 2.53 bits per heavy atom. The Morgan fingerprint density at radius 2 is 2.13 bits per heavy atom. The molecular formula is C12H20O3. The molecule has 15 heavy (non-hydrogen) atoms.